The van der Waals surface area contributed by atoms with Crippen molar-refractivity contribution in [2.75, 3.05) is 57.4 Å². The number of nitrogens with zero attached hydrogens (tertiary/aromatic N) is 3. The van der Waals surface area contributed by atoms with Crippen LogP contribution in [-0.2, 0) is 20.9 Å². The molecule has 8 nitrogen and oxygen atoms in total. The number of anilines is 1. The molecular weight excluding hydrogens is 538 g/mol. The van der Waals surface area contributed by atoms with E-state index in [4.69, 9.17) is 14.2 Å². The van der Waals surface area contributed by atoms with Gasteiger partial charge in [-0.05, 0) is 67.9 Å². The maximum atomic E-state index is 12.6. The summed E-state index contributed by atoms with van der Waals surface area (Å²) in [5.74, 6) is 0.341. The van der Waals surface area contributed by atoms with E-state index in [-0.39, 0.29) is 23.9 Å². The summed E-state index contributed by atoms with van der Waals surface area (Å²) < 4.78 is 20.1. The minimum absolute atomic E-state index is 0.0303. The monoisotopic (exact) mass is 575 g/mol. The van der Waals surface area contributed by atoms with E-state index in [2.05, 4.69) is 39.4 Å². The van der Waals surface area contributed by atoms with E-state index in [1.807, 2.05) is 22.7 Å². The molecule has 0 aliphatic carbocycles. The number of unbranched alkanes of at least 4 members (excludes halogenated alkanes) is 1. The Hall–Kier alpha value is -3.40. The predicted octanol–water partition coefficient (Wildman–Crippen LogP) is 4.97. The molecule has 41 heavy (non-hydrogen) atoms. The van der Waals surface area contributed by atoms with Crippen molar-refractivity contribution in [2.45, 2.75) is 32.3 Å². The van der Waals surface area contributed by atoms with Crippen molar-refractivity contribution in [3.05, 3.63) is 76.0 Å². The zero-order valence-electron chi connectivity index (χ0n) is 23.3. The van der Waals surface area contributed by atoms with Crippen molar-refractivity contribution in [3.63, 3.8) is 0 Å². The summed E-state index contributed by atoms with van der Waals surface area (Å²) in [6.07, 6.45) is 7.00. The number of rotatable bonds is 10. The number of hydrogen-bond donors (Lipinski definition) is 0. The summed E-state index contributed by atoms with van der Waals surface area (Å²) in [7, 11) is 0. The summed E-state index contributed by atoms with van der Waals surface area (Å²) in [6, 6.07) is 14.1. The number of carbonyl (C=O) groups is 1. The highest BCUT2D eigenvalue weighted by Gasteiger charge is 2.23. The van der Waals surface area contributed by atoms with E-state index in [0.29, 0.717) is 38.2 Å². The van der Waals surface area contributed by atoms with E-state index >= 15 is 0 Å². The van der Waals surface area contributed by atoms with Crippen LogP contribution in [0.3, 0.4) is 0 Å². The Labute approximate surface area is 244 Å². The Balaban J connectivity index is 0.948. The molecule has 5 heterocycles. The van der Waals surface area contributed by atoms with E-state index in [9.17, 15) is 9.59 Å². The predicted molar refractivity (Wildman–Crippen MR) is 162 cm³/mol. The third kappa shape index (κ3) is 6.58. The average Bonchev–Trinajstić information content (AvgIpc) is 3.50. The Bertz CT molecular complexity index is 1540. The number of benzene rings is 1. The number of esters is 1. The van der Waals surface area contributed by atoms with E-state index < -0.39 is 0 Å². The van der Waals surface area contributed by atoms with Crippen LogP contribution in [0.15, 0.2) is 65.0 Å². The van der Waals surface area contributed by atoms with Gasteiger partial charge in [-0.15, -0.1) is 11.3 Å². The molecule has 0 N–H and O–H groups in total. The summed E-state index contributed by atoms with van der Waals surface area (Å²) >= 11 is 1.81. The summed E-state index contributed by atoms with van der Waals surface area (Å²) in [4.78, 5) is 30.1. The zero-order valence-corrected chi connectivity index (χ0v) is 24.2. The molecule has 0 bridgehead atoms. The largest absolute Gasteiger partial charge is 0.492 e. The molecular formula is C32H37N3O5S. The maximum absolute atomic E-state index is 12.6. The zero-order chi connectivity index (χ0) is 28.0. The molecule has 6 rings (SSSR count). The molecule has 2 aliphatic heterocycles. The van der Waals surface area contributed by atoms with Gasteiger partial charge < -0.3 is 23.5 Å². The van der Waals surface area contributed by atoms with E-state index in [1.54, 1.807) is 17.5 Å². The Morgan fingerprint density at radius 2 is 1.85 bits per heavy atom. The van der Waals surface area contributed by atoms with Gasteiger partial charge in [0.05, 0.1) is 29.8 Å². The standard InChI is InChI=1S/C32H37N3O5S/c36-30-8-13-35-22-25(6-7-29(35)27(30)23-40-32(37)24-9-19-38-20-10-24)39-18-2-1-12-33-14-16-34(17-15-33)28-4-3-5-31-26(28)11-21-41-31/h3-8,11,13,21-22,24H,1-2,9-10,12,14-20,23H2. The summed E-state index contributed by atoms with van der Waals surface area (Å²) in [5, 5.41) is 3.55. The molecule has 2 saturated heterocycles. The number of thiophene rings is 1. The number of pyridine rings is 2. The van der Waals surface area contributed by atoms with Gasteiger partial charge in [0.25, 0.3) is 0 Å². The summed E-state index contributed by atoms with van der Waals surface area (Å²) in [6.45, 7) is 7.11. The van der Waals surface area contributed by atoms with Gasteiger partial charge in [0.2, 0.25) is 0 Å². The average molecular weight is 576 g/mol. The highest BCUT2D eigenvalue weighted by molar-refractivity contribution is 7.17. The van der Waals surface area contributed by atoms with Crippen LogP contribution in [0.4, 0.5) is 5.69 Å². The van der Waals surface area contributed by atoms with Crippen molar-refractivity contribution < 1.29 is 19.0 Å². The number of carbonyl (C=O) groups excluding carboxylic acids is 1. The van der Waals surface area contributed by atoms with Gasteiger partial charge in [-0.3, -0.25) is 14.5 Å². The molecule has 4 aromatic rings. The van der Waals surface area contributed by atoms with E-state index in [0.717, 1.165) is 56.8 Å². The van der Waals surface area contributed by atoms with Gasteiger partial charge in [-0.25, -0.2) is 0 Å². The first-order chi connectivity index (χ1) is 20.2. The molecule has 216 valence electrons. The number of fused-ring (bicyclic) bond motifs is 2. The number of hydrogen-bond acceptors (Lipinski definition) is 8. The van der Waals surface area contributed by atoms with Crippen molar-refractivity contribution in [2.24, 2.45) is 5.92 Å². The molecule has 0 unspecified atom stereocenters. The molecule has 2 aliphatic rings. The maximum Gasteiger partial charge on any atom is 0.309 e. The highest BCUT2D eigenvalue weighted by Crippen LogP contribution is 2.31. The minimum atomic E-state index is -0.257. The smallest absolute Gasteiger partial charge is 0.309 e. The molecule has 0 atom stereocenters. The summed E-state index contributed by atoms with van der Waals surface area (Å²) in [5.41, 5.74) is 2.42. The fourth-order valence-electron chi connectivity index (χ4n) is 5.77. The minimum Gasteiger partial charge on any atom is -0.492 e. The van der Waals surface area contributed by atoms with Crippen LogP contribution >= 0.6 is 11.3 Å². The van der Waals surface area contributed by atoms with Gasteiger partial charge in [-0.2, -0.15) is 0 Å². The van der Waals surface area contributed by atoms with Gasteiger partial charge >= 0.3 is 5.97 Å². The van der Waals surface area contributed by atoms with Crippen LogP contribution in [0.1, 0.15) is 31.2 Å². The quantitative estimate of drug-likeness (QED) is 0.195. The SMILES string of the molecule is O=C(OCc1c(=O)ccn2cc(OCCCCN3CCN(c4cccc5sccc45)CC3)ccc12)C1CCOCC1. The Morgan fingerprint density at radius 1 is 1.00 bits per heavy atom. The third-order valence-electron chi connectivity index (χ3n) is 8.18. The van der Waals surface area contributed by atoms with E-state index in [1.165, 1.54) is 21.8 Å². The number of aromatic nitrogens is 1. The third-order valence-corrected chi connectivity index (χ3v) is 9.06. The van der Waals surface area contributed by atoms with Crippen molar-refractivity contribution in [1.82, 2.24) is 9.30 Å². The lowest BCUT2D eigenvalue weighted by atomic mass is 10.0. The van der Waals surface area contributed by atoms with Gasteiger partial charge in [0.1, 0.15) is 12.4 Å². The molecule has 0 spiro atoms. The first-order valence-electron chi connectivity index (χ1n) is 14.6. The lowest BCUT2D eigenvalue weighted by molar-refractivity contribution is -0.153. The van der Waals surface area contributed by atoms with Gasteiger partial charge in [-0.1, -0.05) is 6.07 Å². The number of ether oxygens (including phenoxy) is 3. The van der Waals surface area contributed by atoms with Crippen LogP contribution in [0.25, 0.3) is 15.6 Å². The fourth-order valence-corrected chi connectivity index (χ4v) is 6.58. The molecule has 1 aromatic carbocycles. The second-order valence-corrected chi connectivity index (χ2v) is 11.8. The highest BCUT2D eigenvalue weighted by atomic mass is 32.1. The van der Waals surface area contributed by atoms with Gasteiger partial charge in [0, 0.05) is 67.4 Å². The van der Waals surface area contributed by atoms with Crippen molar-refractivity contribution in [3.8, 4) is 5.75 Å². The van der Waals surface area contributed by atoms with Crippen LogP contribution in [0, 0.1) is 5.92 Å². The van der Waals surface area contributed by atoms with Crippen molar-refractivity contribution in [1.29, 1.82) is 0 Å². The fraction of sp³-hybridized carbons (Fsp3) is 0.438. The van der Waals surface area contributed by atoms with Crippen LogP contribution in [0.2, 0.25) is 0 Å². The normalized spacial score (nSPS) is 16.8. The van der Waals surface area contributed by atoms with Crippen LogP contribution < -0.4 is 15.1 Å². The lowest BCUT2D eigenvalue weighted by Gasteiger charge is -2.36. The molecule has 0 saturated carbocycles. The Kier molecular flexibility index (Phi) is 8.84. The topological polar surface area (TPSA) is 72.7 Å². The second kappa shape index (κ2) is 13.1. The van der Waals surface area contributed by atoms with Crippen LogP contribution in [0.5, 0.6) is 5.75 Å². The molecule has 9 heteroatoms. The van der Waals surface area contributed by atoms with Crippen molar-refractivity contribution >= 4 is 38.6 Å². The molecule has 3 aromatic heterocycles. The molecule has 2 fully saturated rings. The second-order valence-electron chi connectivity index (χ2n) is 10.8. The van der Waals surface area contributed by atoms with Gasteiger partial charge in [0.15, 0.2) is 5.43 Å². The molecule has 0 radical (unpaired) electrons. The first-order valence-corrected chi connectivity index (χ1v) is 15.5. The number of piperazine rings is 1. The Morgan fingerprint density at radius 3 is 2.71 bits per heavy atom. The first kappa shape index (κ1) is 27.8. The lowest BCUT2D eigenvalue weighted by Crippen LogP contribution is -2.46. The molecule has 0 amide bonds. The van der Waals surface area contributed by atoms with Crippen LogP contribution in [-0.4, -0.2) is 67.8 Å².